The van der Waals surface area contributed by atoms with Gasteiger partial charge in [0, 0.05) is 17.9 Å². The minimum Gasteiger partial charge on any atom is -0.347 e. The first-order chi connectivity index (χ1) is 10.1. The quantitative estimate of drug-likeness (QED) is 0.741. The molecule has 0 aliphatic carbocycles. The smallest absolute Gasteiger partial charge is 0.313 e. The van der Waals surface area contributed by atoms with Crippen LogP contribution in [0.25, 0.3) is 0 Å². The van der Waals surface area contributed by atoms with Crippen molar-refractivity contribution in [3.8, 4) is 0 Å². The molecule has 0 spiro atoms. The van der Waals surface area contributed by atoms with Crippen molar-refractivity contribution >= 4 is 17.5 Å². The largest absolute Gasteiger partial charge is 0.347 e. The molecule has 110 valence electrons. The minimum atomic E-state index is -0.665. The maximum Gasteiger partial charge on any atom is 0.313 e. The Kier molecular flexibility index (Phi) is 4.71. The number of benzene rings is 1. The van der Waals surface area contributed by atoms with Crippen molar-refractivity contribution in [3.05, 3.63) is 47.3 Å². The molecule has 2 rings (SSSR count). The lowest BCUT2D eigenvalue weighted by Crippen LogP contribution is -2.36. The van der Waals surface area contributed by atoms with E-state index in [-0.39, 0.29) is 0 Å². The fourth-order valence-electron chi connectivity index (χ4n) is 2.03. The zero-order chi connectivity index (χ0) is 15.2. The Bertz CT molecular complexity index is 615. The highest BCUT2D eigenvalue weighted by molar-refractivity contribution is 6.39. The fraction of sp³-hybridized carbons (Fsp3) is 0.267. The first-order valence-electron chi connectivity index (χ1n) is 6.72. The van der Waals surface area contributed by atoms with Gasteiger partial charge in [-0.3, -0.25) is 14.7 Å². The van der Waals surface area contributed by atoms with Crippen molar-refractivity contribution in [3.63, 3.8) is 0 Å². The van der Waals surface area contributed by atoms with Crippen LogP contribution >= 0.6 is 0 Å². The van der Waals surface area contributed by atoms with Crippen molar-refractivity contribution in [1.82, 2.24) is 15.5 Å². The second-order valence-electron chi connectivity index (χ2n) is 4.74. The molecule has 2 aromatic rings. The monoisotopic (exact) mass is 286 g/mol. The van der Waals surface area contributed by atoms with Crippen LogP contribution in [-0.2, 0) is 16.0 Å². The van der Waals surface area contributed by atoms with Crippen LogP contribution in [0.5, 0.6) is 0 Å². The lowest BCUT2D eigenvalue weighted by Gasteiger charge is -2.06. The van der Waals surface area contributed by atoms with E-state index in [9.17, 15) is 9.59 Å². The average molecular weight is 286 g/mol. The van der Waals surface area contributed by atoms with Gasteiger partial charge in [-0.2, -0.15) is 5.10 Å². The van der Waals surface area contributed by atoms with Gasteiger partial charge < -0.3 is 10.6 Å². The Morgan fingerprint density at radius 2 is 1.86 bits per heavy atom. The number of aryl methyl sites for hydroxylation is 2. The van der Waals surface area contributed by atoms with Crippen LogP contribution < -0.4 is 10.6 Å². The molecular formula is C15H18N4O2. The summed E-state index contributed by atoms with van der Waals surface area (Å²) in [5.74, 6) is -1.31. The number of anilines is 1. The van der Waals surface area contributed by atoms with Crippen LogP contribution in [0, 0.1) is 13.8 Å². The van der Waals surface area contributed by atoms with Crippen molar-refractivity contribution in [2.24, 2.45) is 0 Å². The number of aromatic nitrogens is 2. The molecule has 1 heterocycles. The molecule has 3 N–H and O–H groups in total. The van der Waals surface area contributed by atoms with Crippen molar-refractivity contribution in [1.29, 1.82) is 0 Å². The summed E-state index contributed by atoms with van der Waals surface area (Å²) in [5.41, 5.74) is 3.56. The molecule has 0 saturated heterocycles. The lowest BCUT2D eigenvalue weighted by molar-refractivity contribution is -0.136. The normalized spacial score (nSPS) is 10.2. The van der Waals surface area contributed by atoms with Crippen LogP contribution in [0.15, 0.2) is 30.3 Å². The molecule has 0 atom stereocenters. The Hall–Kier alpha value is -2.63. The van der Waals surface area contributed by atoms with Gasteiger partial charge in [-0.15, -0.1) is 0 Å². The molecule has 0 bridgehead atoms. The highest BCUT2D eigenvalue weighted by atomic mass is 16.2. The molecule has 0 aliphatic heterocycles. The molecule has 2 amide bonds. The Morgan fingerprint density at radius 3 is 2.48 bits per heavy atom. The van der Waals surface area contributed by atoms with Gasteiger partial charge in [0.1, 0.15) is 0 Å². The van der Waals surface area contributed by atoms with E-state index >= 15 is 0 Å². The predicted octanol–water partition coefficient (Wildman–Crippen LogP) is 1.32. The van der Waals surface area contributed by atoms with Gasteiger partial charge in [0.2, 0.25) is 0 Å². The van der Waals surface area contributed by atoms with Crippen molar-refractivity contribution < 1.29 is 9.59 Å². The van der Waals surface area contributed by atoms with Crippen LogP contribution in [0.3, 0.4) is 0 Å². The Balaban J connectivity index is 1.81. The summed E-state index contributed by atoms with van der Waals surface area (Å²) in [5, 5.41) is 12.1. The van der Waals surface area contributed by atoms with Gasteiger partial charge in [0.25, 0.3) is 0 Å². The lowest BCUT2D eigenvalue weighted by atomic mass is 10.1. The molecule has 0 saturated carbocycles. The molecule has 21 heavy (non-hydrogen) atoms. The Morgan fingerprint density at radius 1 is 1.14 bits per heavy atom. The Labute approximate surface area is 122 Å². The molecule has 0 unspecified atom stereocenters. The fourth-order valence-corrected chi connectivity index (χ4v) is 2.03. The first-order valence-corrected chi connectivity index (χ1v) is 6.72. The SMILES string of the molecule is Cc1n[nH]c(C)c1CCNC(=O)C(=O)Nc1ccccc1. The molecule has 1 aromatic heterocycles. The number of nitrogens with one attached hydrogen (secondary N) is 3. The second kappa shape index (κ2) is 6.69. The summed E-state index contributed by atoms with van der Waals surface area (Å²) < 4.78 is 0. The number of rotatable bonds is 4. The average Bonchev–Trinajstić information content (AvgIpc) is 2.80. The molecule has 1 aromatic carbocycles. The molecule has 0 fully saturated rings. The highest BCUT2D eigenvalue weighted by Crippen LogP contribution is 2.09. The summed E-state index contributed by atoms with van der Waals surface area (Å²) >= 11 is 0. The first kappa shape index (κ1) is 14.8. The van der Waals surface area contributed by atoms with Crippen molar-refractivity contribution in [2.45, 2.75) is 20.3 Å². The second-order valence-corrected chi connectivity index (χ2v) is 4.74. The van der Waals surface area contributed by atoms with Crippen LogP contribution in [0.4, 0.5) is 5.69 Å². The van der Waals surface area contributed by atoms with Crippen LogP contribution in [-0.4, -0.2) is 28.6 Å². The minimum absolute atomic E-state index is 0.391. The van der Waals surface area contributed by atoms with Crippen LogP contribution in [0.2, 0.25) is 0 Å². The van der Waals surface area contributed by atoms with E-state index in [1.165, 1.54) is 0 Å². The van der Waals surface area contributed by atoms with Gasteiger partial charge in [-0.05, 0) is 38.0 Å². The van der Waals surface area contributed by atoms with Gasteiger partial charge in [-0.25, -0.2) is 0 Å². The number of carbonyl (C=O) groups is 2. The van der Waals surface area contributed by atoms with E-state index in [1.54, 1.807) is 24.3 Å². The summed E-state index contributed by atoms with van der Waals surface area (Å²) in [6.45, 7) is 4.23. The molecular weight excluding hydrogens is 268 g/mol. The number of nitrogens with zero attached hydrogens (tertiary/aromatic N) is 1. The molecule has 6 heteroatoms. The number of carbonyl (C=O) groups excluding carboxylic acids is 2. The van der Waals surface area contributed by atoms with Gasteiger partial charge in [-0.1, -0.05) is 18.2 Å². The standard InChI is InChI=1S/C15H18N4O2/c1-10-13(11(2)19-18-10)8-9-16-14(20)15(21)17-12-6-4-3-5-7-12/h3-7H,8-9H2,1-2H3,(H,16,20)(H,17,21)(H,18,19). The van der Waals surface area contributed by atoms with E-state index in [0.717, 1.165) is 17.0 Å². The number of amides is 2. The third kappa shape index (κ3) is 3.92. The van der Waals surface area contributed by atoms with Crippen LogP contribution in [0.1, 0.15) is 17.0 Å². The maximum atomic E-state index is 11.7. The number of H-pyrrole nitrogens is 1. The zero-order valence-electron chi connectivity index (χ0n) is 12.1. The number of hydrogen-bond acceptors (Lipinski definition) is 3. The number of para-hydroxylation sites is 1. The summed E-state index contributed by atoms with van der Waals surface area (Å²) in [6.07, 6.45) is 0.637. The topological polar surface area (TPSA) is 86.9 Å². The summed E-state index contributed by atoms with van der Waals surface area (Å²) in [4.78, 5) is 23.4. The molecule has 0 radical (unpaired) electrons. The number of aromatic amines is 1. The van der Waals surface area contributed by atoms with E-state index in [2.05, 4.69) is 20.8 Å². The molecule has 6 nitrogen and oxygen atoms in total. The zero-order valence-corrected chi connectivity index (χ0v) is 12.1. The highest BCUT2D eigenvalue weighted by Gasteiger charge is 2.13. The van der Waals surface area contributed by atoms with Gasteiger partial charge >= 0.3 is 11.8 Å². The number of hydrogen-bond donors (Lipinski definition) is 3. The van der Waals surface area contributed by atoms with Gasteiger partial charge in [0.05, 0.1) is 5.69 Å². The van der Waals surface area contributed by atoms with E-state index < -0.39 is 11.8 Å². The maximum absolute atomic E-state index is 11.7. The van der Waals surface area contributed by atoms with E-state index in [0.29, 0.717) is 18.7 Å². The molecule has 0 aliphatic rings. The van der Waals surface area contributed by atoms with Crippen molar-refractivity contribution in [2.75, 3.05) is 11.9 Å². The predicted molar refractivity (Wildman–Crippen MR) is 79.8 cm³/mol. The third-order valence-corrected chi connectivity index (χ3v) is 3.18. The van der Waals surface area contributed by atoms with Gasteiger partial charge in [0.15, 0.2) is 0 Å². The van der Waals surface area contributed by atoms with E-state index in [1.807, 2.05) is 19.9 Å². The van der Waals surface area contributed by atoms with E-state index in [4.69, 9.17) is 0 Å². The summed E-state index contributed by atoms with van der Waals surface area (Å²) in [7, 11) is 0. The third-order valence-electron chi connectivity index (χ3n) is 3.18. The summed E-state index contributed by atoms with van der Waals surface area (Å²) in [6, 6.07) is 8.87.